The third kappa shape index (κ3) is 10.5. The van der Waals surface area contributed by atoms with Crippen LogP contribution in [0.1, 0.15) is 52.4 Å². The number of nitrogens with zero attached hydrogens (tertiary/aromatic N) is 1. The summed E-state index contributed by atoms with van der Waals surface area (Å²) in [6.45, 7) is 6.67. The summed E-state index contributed by atoms with van der Waals surface area (Å²) in [5, 5.41) is 0. The third-order valence-corrected chi connectivity index (χ3v) is 3.27. The van der Waals surface area contributed by atoms with E-state index in [0.717, 1.165) is 13.1 Å². The summed E-state index contributed by atoms with van der Waals surface area (Å²) < 4.78 is 2.86. The first kappa shape index (κ1) is 15.2. The fourth-order valence-corrected chi connectivity index (χ4v) is 2.42. The average molecular weight is 248 g/mol. The van der Waals surface area contributed by atoms with Crippen LogP contribution < -0.4 is 5.73 Å². The number of rotatable bonds is 9. The van der Waals surface area contributed by atoms with Crippen LogP contribution in [0.3, 0.4) is 0 Å². The van der Waals surface area contributed by atoms with Crippen LogP contribution in [0.4, 0.5) is 0 Å². The highest BCUT2D eigenvalue weighted by molar-refractivity contribution is 8.21. The van der Waals surface area contributed by atoms with E-state index in [9.17, 15) is 0 Å². The van der Waals surface area contributed by atoms with Crippen molar-refractivity contribution in [1.82, 2.24) is 4.31 Å². The molecule has 0 aromatic rings. The lowest BCUT2D eigenvalue weighted by Crippen LogP contribution is -2.22. The van der Waals surface area contributed by atoms with Crippen LogP contribution in [-0.2, 0) is 0 Å². The van der Waals surface area contributed by atoms with E-state index in [1.54, 1.807) is 11.9 Å². The van der Waals surface area contributed by atoms with Crippen molar-refractivity contribution in [3.8, 4) is 0 Å². The van der Waals surface area contributed by atoms with Crippen molar-refractivity contribution in [1.29, 1.82) is 0 Å². The lowest BCUT2D eigenvalue weighted by atomic mass is 10.2. The zero-order valence-electron chi connectivity index (χ0n) is 10.00. The molecule has 0 saturated carbocycles. The molecule has 0 unspecified atom stereocenters. The number of thiocarbonyl (C=S) groups is 1. The lowest BCUT2D eigenvalue weighted by Gasteiger charge is -2.19. The van der Waals surface area contributed by atoms with E-state index in [4.69, 9.17) is 18.0 Å². The van der Waals surface area contributed by atoms with E-state index in [-0.39, 0.29) is 0 Å². The second kappa shape index (κ2) is 10.7. The van der Waals surface area contributed by atoms with E-state index in [1.165, 1.54) is 38.5 Å². The van der Waals surface area contributed by atoms with Crippen molar-refractivity contribution in [2.24, 2.45) is 5.73 Å². The standard InChI is InChI=1S/C11H24N2S2/c1-3-5-7-9-13(15-11(12)14)10-8-6-4-2/h3-10H2,1-2H3,(H2,12,14). The average Bonchev–Trinajstić information content (AvgIpc) is 2.17. The van der Waals surface area contributed by atoms with Crippen molar-refractivity contribution < 1.29 is 0 Å². The number of unbranched alkanes of at least 4 members (excludes halogenated alkanes) is 4. The van der Waals surface area contributed by atoms with E-state index in [1.807, 2.05) is 0 Å². The fourth-order valence-electron chi connectivity index (χ4n) is 1.41. The largest absolute Gasteiger partial charge is 0.384 e. The molecule has 0 spiro atoms. The summed E-state index contributed by atoms with van der Waals surface area (Å²) >= 11 is 6.47. The van der Waals surface area contributed by atoms with Crippen molar-refractivity contribution >= 4 is 28.5 Å². The molecule has 15 heavy (non-hydrogen) atoms. The van der Waals surface area contributed by atoms with E-state index in [0.29, 0.717) is 4.32 Å². The Morgan fingerprint density at radius 1 is 1.07 bits per heavy atom. The Morgan fingerprint density at radius 2 is 1.53 bits per heavy atom. The van der Waals surface area contributed by atoms with Crippen LogP contribution in [-0.4, -0.2) is 21.7 Å². The first-order chi connectivity index (χ1) is 7.20. The van der Waals surface area contributed by atoms with Gasteiger partial charge in [-0.15, -0.1) is 0 Å². The molecule has 2 nitrogen and oxygen atoms in total. The molecule has 90 valence electrons. The molecule has 0 amide bonds. The molecule has 2 N–H and O–H groups in total. The molecule has 0 fully saturated rings. The minimum atomic E-state index is 0.544. The number of hydrogen-bond donors (Lipinski definition) is 1. The van der Waals surface area contributed by atoms with Crippen molar-refractivity contribution in [2.75, 3.05) is 13.1 Å². The van der Waals surface area contributed by atoms with Crippen LogP contribution in [0.25, 0.3) is 0 Å². The van der Waals surface area contributed by atoms with Crippen LogP contribution in [0.15, 0.2) is 0 Å². The minimum Gasteiger partial charge on any atom is -0.384 e. The summed E-state index contributed by atoms with van der Waals surface area (Å²) in [7, 11) is 0. The zero-order valence-corrected chi connectivity index (χ0v) is 11.6. The highest BCUT2D eigenvalue weighted by atomic mass is 32.2. The van der Waals surface area contributed by atoms with Crippen LogP contribution in [0.2, 0.25) is 0 Å². The Hall–Kier alpha value is 0.200. The smallest absolute Gasteiger partial charge is 0.146 e. The van der Waals surface area contributed by atoms with Gasteiger partial charge < -0.3 is 5.73 Å². The molecule has 0 aromatic carbocycles. The molecule has 0 rings (SSSR count). The van der Waals surface area contributed by atoms with Gasteiger partial charge in [0, 0.05) is 13.1 Å². The molecule has 0 atom stereocenters. The molecule has 0 aliphatic rings. The number of nitrogens with two attached hydrogens (primary N) is 1. The molecule has 0 radical (unpaired) electrons. The van der Waals surface area contributed by atoms with Gasteiger partial charge in [-0.3, -0.25) is 0 Å². The molecular formula is C11H24N2S2. The lowest BCUT2D eigenvalue weighted by molar-refractivity contribution is 0.436. The maximum atomic E-state index is 5.55. The van der Waals surface area contributed by atoms with Gasteiger partial charge in [-0.05, 0) is 24.8 Å². The minimum absolute atomic E-state index is 0.544. The Kier molecular flexibility index (Phi) is 10.9. The molecular weight excluding hydrogens is 224 g/mol. The molecule has 0 aliphatic heterocycles. The molecule has 0 heterocycles. The summed E-state index contributed by atoms with van der Waals surface area (Å²) in [5.41, 5.74) is 5.55. The quantitative estimate of drug-likeness (QED) is 0.384. The van der Waals surface area contributed by atoms with Crippen LogP contribution >= 0.6 is 24.2 Å². The second-order valence-corrected chi connectivity index (χ2v) is 5.59. The topological polar surface area (TPSA) is 29.3 Å². The first-order valence-corrected chi connectivity index (χ1v) is 7.11. The Bertz CT molecular complexity index is 153. The molecule has 0 bridgehead atoms. The summed E-state index contributed by atoms with van der Waals surface area (Å²) in [6, 6.07) is 0. The van der Waals surface area contributed by atoms with Gasteiger partial charge in [-0.1, -0.05) is 51.7 Å². The monoisotopic (exact) mass is 248 g/mol. The van der Waals surface area contributed by atoms with E-state index in [2.05, 4.69) is 18.2 Å². The Morgan fingerprint density at radius 3 is 1.87 bits per heavy atom. The molecule has 0 saturated heterocycles. The van der Waals surface area contributed by atoms with Gasteiger partial charge in [-0.25, -0.2) is 4.31 Å². The fraction of sp³-hybridized carbons (Fsp3) is 0.909. The van der Waals surface area contributed by atoms with E-state index >= 15 is 0 Å². The van der Waals surface area contributed by atoms with Gasteiger partial charge in [0.05, 0.1) is 0 Å². The van der Waals surface area contributed by atoms with Crippen LogP contribution in [0, 0.1) is 0 Å². The summed E-state index contributed by atoms with van der Waals surface area (Å²) in [5.74, 6) is 0. The SMILES string of the molecule is CCCCCN(CCCCC)SC(N)=S. The normalized spacial score (nSPS) is 10.9. The zero-order chi connectivity index (χ0) is 11.5. The Balaban J connectivity index is 3.68. The third-order valence-electron chi connectivity index (χ3n) is 2.24. The molecule has 4 heteroatoms. The highest BCUT2D eigenvalue weighted by Crippen LogP contribution is 2.13. The molecule has 0 aliphatic carbocycles. The van der Waals surface area contributed by atoms with Gasteiger partial charge in [0.25, 0.3) is 0 Å². The highest BCUT2D eigenvalue weighted by Gasteiger charge is 2.06. The number of hydrogen-bond acceptors (Lipinski definition) is 3. The van der Waals surface area contributed by atoms with Gasteiger partial charge in [0.2, 0.25) is 0 Å². The Labute approximate surface area is 104 Å². The first-order valence-electron chi connectivity index (χ1n) is 5.93. The maximum absolute atomic E-state index is 5.55. The summed E-state index contributed by atoms with van der Waals surface area (Å²) in [4.78, 5) is 0. The predicted molar refractivity (Wildman–Crippen MR) is 75.0 cm³/mol. The summed E-state index contributed by atoms with van der Waals surface area (Å²) in [6.07, 6.45) is 7.61. The van der Waals surface area contributed by atoms with Crippen LogP contribution in [0.5, 0.6) is 0 Å². The predicted octanol–water partition coefficient (Wildman–Crippen LogP) is 3.56. The van der Waals surface area contributed by atoms with Crippen molar-refractivity contribution in [3.05, 3.63) is 0 Å². The second-order valence-electron chi connectivity index (χ2n) is 3.75. The van der Waals surface area contributed by atoms with Gasteiger partial charge in [0.1, 0.15) is 4.32 Å². The van der Waals surface area contributed by atoms with Crippen molar-refractivity contribution in [2.45, 2.75) is 52.4 Å². The van der Waals surface area contributed by atoms with Gasteiger partial charge in [-0.2, -0.15) is 0 Å². The van der Waals surface area contributed by atoms with E-state index < -0.39 is 0 Å². The van der Waals surface area contributed by atoms with Gasteiger partial charge >= 0.3 is 0 Å². The van der Waals surface area contributed by atoms with Gasteiger partial charge in [0.15, 0.2) is 0 Å². The van der Waals surface area contributed by atoms with Crippen molar-refractivity contribution in [3.63, 3.8) is 0 Å². The molecule has 0 aromatic heterocycles. The maximum Gasteiger partial charge on any atom is 0.146 e.